The molecule has 0 aromatic rings. The number of aliphatic carboxylic acids is 1. The molecule has 0 aromatic heterocycles. The molecule has 86 valence electrons. The molecule has 0 fully saturated rings. The highest BCUT2D eigenvalue weighted by atomic mass is 32.2. The number of fused-ring (bicyclic) bond motifs is 1. The summed E-state index contributed by atoms with van der Waals surface area (Å²) in [4.78, 5) is 16.6. The van der Waals surface area contributed by atoms with Gasteiger partial charge in [0.1, 0.15) is 15.7 Å². The minimum atomic E-state index is -1.64. The summed E-state index contributed by atoms with van der Waals surface area (Å²) in [6.07, 6.45) is 2.18. The van der Waals surface area contributed by atoms with Gasteiger partial charge in [0, 0.05) is 18.4 Å². The molecule has 1 unspecified atom stereocenters. The third kappa shape index (κ3) is 1.59. The first-order chi connectivity index (χ1) is 7.54. The fourth-order valence-corrected chi connectivity index (χ4v) is 2.84. The van der Waals surface area contributed by atoms with Crippen LogP contribution >= 0.6 is 0 Å². The zero-order valence-electron chi connectivity index (χ0n) is 9.06. The van der Waals surface area contributed by atoms with Crippen molar-refractivity contribution in [3.63, 3.8) is 0 Å². The Hall–Kier alpha value is -1.43. The highest BCUT2D eigenvalue weighted by Gasteiger charge is 2.34. The van der Waals surface area contributed by atoms with E-state index in [2.05, 4.69) is 4.99 Å². The van der Waals surface area contributed by atoms with Crippen molar-refractivity contribution >= 4 is 21.9 Å². The van der Waals surface area contributed by atoms with Gasteiger partial charge in [-0.05, 0) is 18.9 Å². The van der Waals surface area contributed by atoms with E-state index in [1.807, 2.05) is 13.8 Å². The summed E-state index contributed by atoms with van der Waals surface area (Å²) in [6.45, 7) is 4.50. The van der Waals surface area contributed by atoms with E-state index in [1.54, 1.807) is 4.90 Å². The normalized spacial score (nSPS) is 24.1. The van der Waals surface area contributed by atoms with Crippen molar-refractivity contribution in [2.24, 2.45) is 4.99 Å². The fourth-order valence-electron chi connectivity index (χ4n) is 1.74. The molecule has 0 amide bonds. The molecular formula is C10H12N2O3S. The molecular weight excluding hydrogens is 228 g/mol. The Morgan fingerprint density at radius 1 is 1.69 bits per heavy atom. The van der Waals surface area contributed by atoms with E-state index in [9.17, 15) is 9.00 Å². The quantitative estimate of drug-likeness (QED) is 0.782. The fraction of sp³-hybridized carbons (Fsp3) is 0.400. The Morgan fingerprint density at radius 2 is 2.38 bits per heavy atom. The number of hydrogen-bond acceptors (Lipinski definition) is 4. The summed E-state index contributed by atoms with van der Waals surface area (Å²) in [7, 11) is -1.64. The van der Waals surface area contributed by atoms with Gasteiger partial charge in [0.25, 0.3) is 0 Å². The lowest BCUT2D eigenvalue weighted by Gasteiger charge is -2.22. The van der Waals surface area contributed by atoms with Crippen molar-refractivity contribution in [1.82, 2.24) is 4.90 Å². The van der Waals surface area contributed by atoms with Crippen molar-refractivity contribution < 1.29 is 14.1 Å². The van der Waals surface area contributed by atoms with Crippen molar-refractivity contribution in [3.8, 4) is 0 Å². The zero-order valence-corrected chi connectivity index (χ0v) is 9.87. The first-order valence-corrected chi connectivity index (χ1v) is 6.10. The lowest BCUT2D eigenvalue weighted by atomic mass is 10.1. The van der Waals surface area contributed by atoms with Crippen LogP contribution in [0.15, 0.2) is 27.4 Å². The molecule has 2 aliphatic heterocycles. The molecule has 16 heavy (non-hydrogen) atoms. The number of carbonyl (C=O) groups is 1. The molecule has 0 aliphatic carbocycles. The summed E-state index contributed by atoms with van der Waals surface area (Å²) < 4.78 is 11.8. The number of amidine groups is 1. The predicted molar refractivity (Wildman–Crippen MR) is 61.0 cm³/mol. The van der Waals surface area contributed by atoms with Crippen molar-refractivity contribution in [2.45, 2.75) is 20.3 Å². The molecule has 0 saturated heterocycles. The molecule has 2 aliphatic rings. The van der Waals surface area contributed by atoms with Crippen molar-refractivity contribution in [2.75, 3.05) is 6.54 Å². The predicted octanol–water partition coefficient (Wildman–Crippen LogP) is 1.03. The Balaban J connectivity index is 2.40. The van der Waals surface area contributed by atoms with E-state index >= 15 is 0 Å². The van der Waals surface area contributed by atoms with E-state index < -0.39 is 16.8 Å². The molecule has 0 radical (unpaired) electrons. The van der Waals surface area contributed by atoms with Crippen molar-refractivity contribution in [1.29, 1.82) is 0 Å². The second-order valence-corrected chi connectivity index (χ2v) is 5.01. The Kier molecular flexibility index (Phi) is 2.67. The van der Waals surface area contributed by atoms with E-state index in [0.717, 1.165) is 17.7 Å². The number of aliphatic imine (C=N–C) groups is 1. The van der Waals surface area contributed by atoms with Gasteiger partial charge in [0.05, 0.1) is 0 Å². The molecule has 0 saturated carbocycles. The summed E-state index contributed by atoms with van der Waals surface area (Å²) in [5.74, 6) is -1.15. The standard InChI is InChI=1S/C10H12N2O3S/c1-3-7-6(2)4-12-5-8(9(13)14)16(15)10(12)11-7/h5H,3-4H2,1-2H3,(H,13,14). The summed E-state index contributed by atoms with van der Waals surface area (Å²) in [6, 6.07) is 0. The van der Waals surface area contributed by atoms with Gasteiger partial charge in [-0.25, -0.2) is 14.0 Å². The van der Waals surface area contributed by atoms with Crippen LogP contribution in [-0.4, -0.2) is 31.9 Å². The summed E-state index contributed by atoms with van der Waals surface area (Å²) in [5, 5.41) is 9.21. The Morgan fingerprint density at radius 3 is 2.94 bits per heavy atom. The lowest BCUT2D eigenvalue weighted by molar-refractivity contribution is -0.131. The monoisotopic (exact) mass is 240 g/mol. The molecule has 1 N–H and O–H groups in total. The largest absolute Gasteiger partial charge is 0.477 e. The number of nitrogens with zero attached hydrogens (tertiary/aromatic N) is 2. The number of allylic oxidation sites excluding steroid dienone is 1. The van der Waals surface area contributed by atoms with Gasteiger partial charge in [-0.3, -0.25) is 0 Å². The Labute approximate surface area is 95.6 Å². The van der Waals surface area contributed by atoms with Crippen LogP contribution < -0.4 is 0 Å². The minimum absolute atomic E-state index is 0.0936. The molecule has 1 atom stereocenters. The number of carboxylic acids is 1. The van der Waals surface area contributed by atoms with Gasteiger partial charge in [0.15, 0.2) is 0 Å². The third-order valence-corrected chi connectivity index (χ3v) is 3.90. The molecule has 2 rings (SSSR count). The van der Waals surface area contributed by atoms with Crippen LogP contribution in [-0.2, 0) is 15.6 Å². The van der Waals surface area contributed by atoms with E-state index in [0.29, 0.717) is 11.7 Å². The average molecular weight is 240 g/mol. The first kappa shape index (κ1) is 11.1. The number of rotatable bonds is 2. The smallest absolute Gasteiger partial charge is 0.346 e. The molecule has 0 spiro atoms. The minimum Gasteiger partial charge on any atom is -0.477 e. The van der Waals surface area contributed by atoms with Gasteiger partial charge in [-0.1, -0.05) is 6.92 Å². The molecule has 6 heteroatoms. The second kappa shape index (κ2) is 3.86. The van der Waals surface area contributed by atoms with E-state index in [-0.39, 0.29) is 4.91 Å². The first-order valence-electron chi connectivity index (χ1n) is 4.95. The van der Waals surface area contributed by atoms with Crippen molar-refractivity contribution in [3.05, 3.63) is 22.4 Å². The van der Waals surface area contributed by atoms with Gasteiger partial charge in [0.2, 0.25) is 5.17 Å². The molecule has 0 aromatic carbocycles. The van der Waals surface area contributed by atoms with E-state index in [4.69, 9.17) is 5.11 Å². The van der Waals surface area contributed by atoms with Crippen LogP contribution in [0.4, 0.5) is 0 Å². The second-order valence-electron chi connectivity index (χ2n) is 3.67. The Bertz CT molecular complexity index is 476. The highest BCUT2D eigenvalue weighted by Crippen LogP contribution is 2.26. The van der Waals surface area contributed by atoms with Crippen LogP contribution in [0.3, 0.4) is 0 Å². The molecule has 0 bridgehead atoms. The highest BCUT2D eigenvalue weighted by molar-refractivity contribution is 8.05. The van der Waals surface area contributed by atoms with Crippen LogP contribution in [0.2, 0.25) is 0 Å². The van der Waals surface area contributed by atoms with Gasteiger partial charge >= 0.3 is 5.97 Å². The van der Waals surface area contributed by atoms with Crippen LogP contribution in [0.25, 0.3) is 0 Å². The summed E-state index contributed by atoms with van der Waals surface area (Å²) >= 11 is 0. The van der Waals surface area contributed by atoms with Crippen LogP contribution in [0.1, 0.15) is 20.3 Å². The molecule has 5 nitrogen and oxygen atoms in total. The van der Waals surface area contributed by atoms with Gasteiger partial charge < -0.3 is 10.0 Å². The topological polar surface area (TPSA) is 70.0 Å². The number of hydrogen-bond donors (Lipinski definition) is 1. The average Bonchev–Trinajstić information content (AvgIpc) is 2.54. The SMILES string of the molecule is CCC1=C(C)CN2C=C(C(=O)O)S(=O)C2=N1. The van der Waals surface area contributed by atoms with Gasteiger partial charge in [-0.2, -0.15) is 0 Å². The van der Waals surface area contributed by atoms with Crippen LogP contribution in [0.5, 0.6) is 0 Å². The van der Waals surface area contributed by atoms with Crippen LogP contribution in [0, 0.1) is 0 Å². The maximum atomic E-state index is 11.8. The third-order valence-electron chi connectivity index (χ3n) is 2.56. The lowest BCUT2D eigenvalue weighted by Crippen LogP contribution is -2.29. The maximum Gasteiger partial charge on any atom is 0.346 e. The summed E-state index contributed by atoms with van der Waals surface area (Å²) in [5.41, 5.74) is 1.99. The zero-order chi connectivity index (χ0) is 11.9. The molecule has 2 heterocycles. The van der Waals surface area contributed by atoms with Gasteiger partial charge in [-0.15, -0.1) is 0 Å². The number of carboxylic acid groups (broad SMARTS) is 1. The maximum absolute atomic E-state index is 11.8. The van der Waals surface area contributed by atoms with E-state index in [1.165, 1.54) is 6.20 Å².